The highest BCUT2D eigenvalue weighted by Crippen LogP contribution is 2.17. The van der Waals surface area contributed by atoms with E-state index in [-0.39, 0.29) is 19.1 Å². The van der Waals surface area contributed by atoms with Crippen LogP contribution >= 0.6 is 0 Å². The van der Waals surface area contributed by atoms with Gasteiger partial charge in [-0.25, -0.2) is 4.79 Å². The second-order valence-electron chi connectivity index (χ2n) is 6.82. The van der Waals surface area contributed by atoms with E-state index >= 15 is 0 Å². The summed E-state index contributed by atoms with van der Waals surface area (Å²) >= 11 is 0. The summed E-state index contributed by atoms with van der Waals surface area (Å²) in [5.41, 5.74) is 2.38. The smallest absolute Gasteiger partial charge is 0.330 e. The van der Waals surface area contributed by atoms with Crippen molar-refractivity contribution >= 4 is 17.6 Å². The van der Waals surface area contributed by atoms with Crippen LogP contribution in [0.4, 0.5) is 5.69 Å². The standard InChI is InChI=1S/C25H26N2O4/c1-2-30-25(29)23(27-24(28)20-11-7-4-8-12-20)17-26-21-13-15-22(16-14-21)31-18-19-9-5-3-6-10-19/h3-16,23,26H,2,17-18H2,1H3,(H,27,28)/t23-/m1/s1. The fourth-order valence-electron chi connectivity index (χ4n) is 2.90. The van der Waals surface area contributed by atoms with E-state index in [1.807, 2.05) is 60.7 Å². The van der Waals surface area contributed by atoms with Gasteiger partial charge in [0.15, 0.2) is 0 Å². The molecule has 3 aromatic carbocycles. The lowest BCUT2D eigenvalue weighted by Gasteiger charge is -2.18. The molecule has 6 nitrogen and oxygen atoms in total. The van der Waals surface area contributed by atoms with Crippen molar-refractivity contribution < 1.29 is 19.1 Å². The Hall–Kier alpha value is -3.80. The summed E-state index contributed by atoms with van der Waals surface area (Å²) in [5, 5.41) is 5.91. The van der Waals surface area contributed by atoms with Gasteiger partial charge in [0.1, 0.15) is 18.4 Å². The molecule has 0 radical (unpaired) electrons. The molecular weight excluding hydrogens is 392 g/mol. The molecule has 2 N–H and O–H groups in total. The SMILES string of the molecule is CCOC(=O)[C@@H](CNc1ccc(OCc2ccccc2)cc1)NC(=O)c1ccccc1. The van der Waals surface area contributed by atoms with Crippen LogP contribution in [-0.2, 0) is 16.1 Å². The Morgan fingerprint density at radius 1 is 0.871 bits per heavy atom. The Morgan fingerprint density at radius 3 is 2.16 bits per heavy atom. The molecular formula is C25H26N2O4. The lowest BCUT2D eigenvalue weighted by Crippen LogP contribution is -2.46. The average Bonchev–Trinajstić information content (AvgIpc) is 2.82. The second kappa shape index (κ2) is 11.4. The zero-order valence-electron chi connectivity index (χ0n) is 17.4. The number of hydrogen-bond donors (Lipinski definition) is 2. The van der Waals surface area contributed by atoms with Gasteiger partial charge in [0.2, 0.25) is 0 Å². The monoisotopic (exact) mass is 418 g/mol. The number of nitrogens with one attached hydrogen (secondary N) is 2. The van der Waals surface area contributed by atoms with Crippen LogP contribution < -0.4 is 15.4 Å². The predicted octanol–water partition coefficient (Wildman–Crippen LogP) is 4.04. The van der Waals surface area contributed by atoms with E-state index in [2.05, 4.69) is 10.6 Å². The molecule has 0 spiro atoms. The minimum absolute atomic E-state index is 0.196. The number of carbonyl (C=O) groups is 2. The summed E-state index contributed by atoms with van der Waals surface area (Å²) in [6, 6.07) is 25.3. The Labute approximate surface area is 182 Å². The van der Waals surface area contributed by atoms with Gasteiger partial charge < -0.3 is 20.1 Å². The number of amides is 1. The highest BCUT2D eigenvalue weighted by molar-refractivity contribution is 5.96. The Balaban J connectivity index is 1.56. The van der Waals surface area contributed by atoms with Gasteiger partial charge in [-0.3, -0.25) is 4.79 Å². The molecule has 0 aliphatic heterocycles. The third-order valence-electron chi connectivity index (χ3n) is 4.53. The molecule has 1 amide bonds. The van der Waals surface area contributed by atoms with Crippen LogP contribution in [0.1, 0.15) is 22.8 Å². The van der Waals surface area contributed by atoms with Gasteiger partial charge in [-0.2, -0.15) is 0 Å². The molecule has 0 aromatic heterocycles. The van der Waals surface area contributed by atoms with E-state index in [9.17, 15) is 9.59 Å². The summed E-state index contributed by atoms with van der Waals surface area (Å²) in [6.45, 7) is 2.66. The highest BCUT2D eigenvalue weighted by Gasteiger charge is 2.22. The van der Waals surface area contributed by atoms with Crippen LogP contribution in [0.25, 0.3) is 0 Å². The first-order valence-electron chi connectivity index (χ1n) is 10.2. The number of hydrogen-bond acceptors (Lipinski definition) is 5. The van der Waals surface area contributed by atoms with E-state index in [0.717, 1.165) is 17.0 Å². The molecule has 0 fully saturated rings. The number of carbonyl (C=O) groups excluding carboxylic acids is 2. The van der Waals surface area contributed by atoms with Crippen molar-refractivity contribution in [2.24, 2.45) is 0 Å². The molecule has 0 saturated carbocycles. The number of rotatable bonds is 10. The third-order valence-corrected chi connectivity index (χ3v) is 4.53. The molecule has 0 aliphatic rings. The van der Waals surface area contributed by atoms with E-state index < -0.39 is 12.0 Å². The third kappa shape index (κ3) is 6.89. The van der Waals surface area contributed by atoms with Crippen molar-refractivity contribution in [3.05, 3.63) is 96.1 Å². The van der Waals surface area contributed by atoms with Gasteiger partial charge in [-0.1, -0.05) is 48.5 Å². The quantitative estimate of drug-likeness (QED) is 0.486. The first-order valence-corrected chi connectivity index (χ1v) is 10.2. The van der Waals surface area contributed by atoms with Crippen molar-refractivity contribution in [1.82, 2.24) is 5.32 Å². The van der Waals surface area contributed by atoms with Crippen molar-refractivity contribution in [2.45, 2.75) is 19.6 Å². The Morgan fingerprint density at radius 2 is 1.52 bits per heavy atom. The van der Waals surface area contributed by atoms with Crippen molar-refractivity contribution in [2.75, 3.05) is 18.5 Å². The minimum Gasteiger partial charge on any atom is -0.489 e. The van der Waals surface area contributed by atoms with Gasteiger partial charge in [-0.05, 0) is 48.9 Å². The molecule has 3 rings (SSSR count). The molecule has 0 heterocycles. The largest absolute Gasteiger partial charge is 0.489 e. The summed E-state index contributed by atoms with van der Waals surface area (Å²) in [5.74, 6) is -0.0686. The van der Waals surface area contributed by atoms with Crippen LogP contribution in [0.5, 0.6) is 5.75 Å². The maximum absolute atomic E-state index is 12.4. The lowest BCUT2D eigenvalue weighted by molar-refractivity contribution is -0.145. The van der Waals surface area contributed by atoms with E-state index in [1.165, 1.54) is 0 Å². The topological polar surface area (TPSA) is 76.7 Å². The van der Waals surface area contributed by atoms with Gasteiger partial charge in [-0.15, -0.1) is 0 Å². The lowest BCUT2D eigenvalue weighted by atomic mass is 10.2. The zero-order valence-corrected chi connectivity index (χ0v) is 17.4. The van der Waals surface area contributed by atoms with Crippen LogP contribution in [0, 0.1) is 0 Å². The number of anilines is 1. The number of ether oxygens (including phenoxy) is 2. The van der Waals surface area contributed by atoms with Gasteiger partial charge in [0.05, 0.1) is 6.61 Å². The van der Waals surface area contributed by atoms with Crippen molar-refractivity contribution in [1.29, 1.82) is 0 Å². The summed E-state index contributed by atoms with van der Waals surface area (Å²) in [7, 11) is 0. The van der Waals surface area contributed by atoms with E-state index in [1.54, 1.807) is 31.2 Å². The van der Waals surface area contributed by atoms with Crippen molar-refractivity contribution in [3.63, 3.8) is 0 Å². The molecule has 160 valence electrons. The zero-order chi connectivity index (χ0) is 21.9. The second-order valence-corrected chi connectivity index (χ2v) is 6.82. The van der Waals surface area contributed by atoms with Crippen LogP contribution in [-0.4, -0.2) is 31.1 Å². The van der Waals surface area contributed by atoms with Crippen molar-refractivity contribution in [3.8, 4) is 5.75 Å². The van der Waals surface area contributed by atoms with Crippen LogP contribution in [0.2, 0.25) is 0 Å². The molecule has 1 atom stereocenters. The Bertz CT molecular complexity index is 960. The molecule has 0 unspecified atom stereocenters. The predicted molar refractivity (Wildman–Crippen MR) is 120 cm³/mol. The highest BCUT2D eigenvalue weighted by atomic mass is 16.5. The van der Waals surface area contributed by atoms with E-state index in [4.69, 9.17) is 9.47 Å². The average molecular weight is 418 g/mol. The maximum Gasteiger partial charge on any atom is 0.330 e. The molecule has 6 heteroatoms. The molecule has 31 heavy (non-hydrogen) atoms. The maximum atomic E-state index is 12.4. The fraction of sp³-hybridized carbons (Fsp3) is 0.200. The summed E-state index contributed by atoms with van der Waals surface area (Å²) in [6.07, 6.45) is 0. The Kier molecular flexibility index (Phi) is 8.05. The first kappa shape index (κ1) is 21.9. The molecule has 0 bridgehead atoms. The first-order chi connectivity index (χ1) is 15.2. The molecule has 0 saturated heterocycles. The van der Waals surface area contributed by atoms with Crippen LogP contribution in [0.3, 0.4) is 0 Å². The fourth-order valence-corrected chi connectivity index (χ4v) is 2.90. The van der Waals surface area contributed by atoms with Gasteiger partial charge >= 0.3 is 5.97 Å². The summed E-state index contributed by atoms with van der Waals surface area (Å²) in [4.78, 5) is 24.8. The van der Waals surface area contributed by atoms with Gasteiger partial charge in [0, 0.05) is 17.8 Å². The van der Waals surface area contributed by atoms with Gasteiger partial charge in [0.25, 0.3) is 5.91 Å². The molecule has 3 aromatic rings. The van der Waals surface area contributed by atoms with Crippen LogP contribution in [0.15, 0.2) is 84.9 Å². The molecule has 0 aliphatic carbocycles. The number of esters is 1. The normalized spacial score (nSPS) is 11.3. The summed E-state index contributed by atoms with van der Waals surface area (Å²) < 4.78 is 10.9. The minimum atomic E-state index is -0.818. The van der Waals surface area contributed by atoms with E-state index in [0.29, 0.717) is 12.2 Å². The number of benzene rings is 3.